The van der Waals surface area contributed by atoms with Crippen LogP contribution in [0, 0.1) is 0 Å². The van der Waals surface area contributed by atoms with Crippen LogP contribution in [0.25, 0.3) is 10.8 Å². The molecule has 6 heteroatoms. The zero-order chi connectivity index (χ0) is 21.6. The molecule has 0 aromatic heterocycles. The van der Waals surface area contributed by atoms with Gasteiger partial charge in [-0.15, -0.1) is 0 Å². The number of fused-ring (bicyclic) bond motifs is 1. The molecule has 0 spiro atoms. The van der Waals surface area contributed by atoms with E-state index >= 15 is 0 Å². The number of carbonyl (C=O) groups excluding carboxylic acids is 1. The molecule has 0 aliphatic rings. The second-order valence-electron chi connectivity index (χ2n) is 6.83. The quantitative estimate of drug-likeness (QED) is 0.270. The van der Waals surface area contributed by atoms with Crippen molar-refractivity contribution in [2.75, 3.05) is 0 Å². The van der Waals surface area contributed by atoms with E-state index in [1.54, 1.807) is 24.3 Å². The van der Waals surface area contributed by atoms with Gasteiger partial charge in [0.2, 0.25) is 0 Å². The SMILES string of the molecule is O=C(N/N=C\c1ccc(OCc2ccccc2Cl)c(Cl)c1)c1ccc2ccccc2c1. The van der Waals surface area contributed by atoms with Gasteiger partial charge in [-0.05, 0) is 52.7 Å². The average Bonchev–Trinajstić information content (AvgIpc) is 2.79. The highest BCUT2D eigenvalue weighted by Crippen LogP contribution is 2.27. The molecule has 0 aliphatic heterocycles. The van der Waals surface area contributed by atoms with E-state index in [1.165, 1.54) is 6.21 Å². The Labute approximate surface area is 190 Å². The van der Waals surface area contributed by atoms with Crippen molar-refractivity contribution in [3.63, 3.8) is 0 Å². The summed E-state index contributed by atoms with van der Waals surface area (Å²) in [6.07, 6.45) is 1.53. The van der Waals surface area contributed by atoms with Crippen LogP contribution in [0.4, 0.5) is 0 Å². The molecule has 0 atom stereocenters. The fraction of sp³-hybridized carbons (Fsp3) is 0.0400. The molecular formula is C25H18Cl2N2O2. The number of nitrogens with one attached hydrogen (secondary N) is 1. The Hall–Kier alpha value is -3.34. The lowest BCUT2D eigenvalue weighted by atomic mass is 10.1. The van der Waals surface area contributed by atoms with Crippen LogP contribution in [-0.4, -0.2) is 12.1 Å². The molecule has 1 amide bonds. The second kappa shape index (κ2) is 9.65. The maximum Gasteiger partial charge on any atom is 0.271 e. The van der Waals surface area contributed by atoms with Crippen molar-refractivity contribution in [1.82, 2.24) is 5.43 Å². The van der Waals surface area contributed by atoms with E-state index < -0.39 is 0 Å². The summed E-state index contributed by atoms with van der Waals surface area (Å²) in [6.45, 7) is 0.314. The Balaban J connectivity index is 1.37. The standard InChI is InChI=1S/C25H18Cl2N2O2/c26-22-8-4-3-7-21(22)16-31-24-12-9-17(13-23(24)27)15-28-29-25(30)20-11-10-18-5-1-2-6-19(18)14-20/h1-15H,16H2,(H,29,30)/b28-15-. The minimum absolute atomic E-state index is 0.284. The molecule has 0 bridgehead atoms. The molecule has 0 saturated heterocycles. The van der Waals surface area contributed by atoms with Crippen LogP contribution in [0.2, 0.25) is 10.0 Å². The monoisotopic (exact) mass is 448 g/mol. The lowest BCUT2D eigenvalue weighted by Crippen LogP contribution is -2.17. The summed E-state index contributed by atoms with van der Waals surface area (Å²) in [5.74, 6) is 0.256. The van der Waals surface area contributed by atoms with E-state index in [1.807, 2.05) is 60.7 Å². The molecule has 0 aliphatic carbocycles. The first-order chi connectivity index (χ1) is 15.1. The zero-order valence-electron chi connectivity index (χ0n) is 16.4. The largest absolute Gasteiger partial charge is 0.487 e. The Kier molecular flexibility index (Phi) is 6.51. The second-order valence-corrected chi connectivity index (χ2v) is 7.65. The fourth-order valence-corrected chi connectivity index (χ4v) is 3.48. The number of rotatable bonds is 6. The predicted molar refractivity (Wildman–Crippen MR) is 126 cm³/mol. The number of benzene rings is 4. The molecular weight excluding hydrogens is 431 g/mol. The maximum absolute atomic E-state index is 12.4. The molecule has 4 nitrogen and oxygen atoms in total. The topological polar surface area (TPSA) is 50.7 Å². The Morgan fingerprint density at radius 1 is 0.871 bits per heavy atom. The minimum Gasteiger partial charge on any atom is -0.487 e. The summed E-state index contributed by atoms with van der Waals surface area (Å²) in [5.41, 5.74) is 4.69. The number of hydrogen-bond acceptors (Lipinski definition) is 3. The molecule has 1 N–H and O–H groups in total. The van der Waals surface area contributed by atoms with E-state index in [0.717, 1.165) is 21.9 Å². The Bertz CT molecular complexity index is 1270. The van der Waals surface area contributed by atoms with Crippen LogP contribution >= 0.6 is 23.2 Å². The van der Waals surface area contributed by atoms with Crippen molar-refractivity contribution in [3.8, 4) is 5.75 Å². The van der Waals surface area contributed by atoms with Gasteiger partial charge in [0.05, 0.1) is 11.2 Å². The number of carbonyl (C=O) groups is 1. The normalized spacial score (nSPS) is 11.0. The number of amides is 1. The number of hydrogen-bond donors (Lipinski definition) is 1. The highest BCUT2D eigenvalue weighted by Gasteiger charge is 2.07. The van der Waals surface area contributed by atoms with E-state index in [2.05, 4.69) is 10.5 Å². The van der Waals surface area contributed by atoms with E-state index in [-0.39, 0.29) is 5.91 Å². The van der Waals surface area contributed by atoms with Gasteiger partial charge < -0.3 is 4.74 Å². The summed E-state index contributed by atoms with van der Waals surface area (Å²) in [7, 11) is 0. The van der Waals surface area contributed by atoms with Gasteiger partial charge in [-0.25, -0.2) is 5.43 Å². The van der Waals surface area contributed by atoms with Crippen molar-refractivity contribution in [2.45, 2.75) is 6.61 Å². The van der Waals surface area contributed by atoms with Crippen LogP contribution in [-0.2, 0) is 6.61 Å². The van der Waals surface area contributed by atoms with Gasteiger partial charge >= 0.3 is 0 Å². The minimum atomic E-state index is -0.284. The van der Waals surface area contributed by atoms with Crippen molar-refractivity contribution >= 4 is 46.1 Å². The van der Waals surface area contributed by atoms with Gasteiger partial charge in [0.1, 0.15) is 12.4 Å². The zero-order valence-corrected chi connectivity index (χ0v) is 17.9. The molecule has 4 rings (SSSR count). The van der Waals surface area contributed by atoms with Crippen molar-refractivity contribution in [2.24, 2.45) is 5.10 Å². The third kappa shape index (κ3) is 5.23. The first-order valence-electron chi connectivity index (χ1n) is 9.58. The summed E-state index contributed by atoms with van der Waals surface area (Å²) >= 11 is 12.5. The number of ether oxygens (including phenoxy) is 1. The van der Waals surface area contributed by atoms with Gasteiger partial charge in [-0.3, -0.25) is 4.79 Å². The molecule has 0 heterocycles. The van der Waals surface area contributed by atoms with Crippen LogP contribution in [0.5, 0.6) is 5.75 Å². The number of hydrazone groups is 1. The number of halogens is 2. The lowest BCUT2D eigenvalue weighted by molar-refractivity contribution is 0.0955. The van der Waals surface area contributed by atoms with Crippen LogP contribution in [0.1, 0.15) is 21.5 Å². The highest BCUT2D eigenvalue weighted by molar-refractivity contribution is 6.32. The van der Waals surface area contributed by atoms with Crippen molar-refractivity contribution in [3.05, 3.63) is 112 Å². The molecule has 0 radical (unpaired) electrons. The van der Waals surface area contributed by atoms with Gasteiger partial charge in [0.25, 0.3) is 5.91 Å². The van der Waals surface area contributed by atoms with Gasteiger partial charge in [0.15, 0.2) is 0 Å². The summed E-state index contributed by atoms with van der Waals surface area (Å²) in [6, 6.07) is 26.1. The summed E-state index contributed by atoms with van der Waals surface area (Å²) in [4.78, 5) is 12.4. The summed E-state index contributed by atoms with van der Waals surface area (Å²) in [5, 5.41) is 7.19. The maximum atomic E-state index is 12.4. The predicted octanol–water partition coefficient (Wildman–Crippen LogP) is 6.49. The molecule has 31 heavy (non-hydrogen) atoms. The average molecular weight is 449 g/mol. The highest BCUT2D eigenvalue weighted by atomic mass is 35.5. The summed E-state index contributed by atoms with van der Waals surface area (Å²) < 4.78 is 5.76. The van der Waals surface area contributed by atoms with Crippen molar-refractivity contribution in [1.29, 1.82) is 0 Å². The molecule has 0 unspecified atom stereocenters. The van der Waals surface area contributed by atoms with Crippen LogP contribution in [0.3, 0.4) is 0 Å². The molecule has 0 saturated carbocycles. The van der Waals surface area contributed by atoms with Gasteiger partial charge in [-0.1, -0.05) is 71.7 Å². The van der Waals surface area contributed by atoms with Gasteiger partial charge in [-0.2, -0.15) is 5.10 Å². The third-order valence-electron chi connectivity index (χ3n) is 4.69. The Morgan fingerprint density at radius 2 is 1.65 bits per heavy atom. The van der Waals surface area contributed by atoms with Gasteiger partial charge in [0, 0.05) is 16.1 Å². The smallest absolute Gasteiger partial charge is 0.271 e. The molecule has 4 aromatic carbocycles. The Morgan fingerprint density at radius 3 is 2.45 bits per heavy atom. The van der Waals surface area contributed by atoms with Crippen LogP contribution < -0.4 is 10.2 Å². The van der Waals surface area contributed by atoms with E-state index in [4.69, 9.17) is 27.9 Å². The first-order valence-corrected chi connectivity index (χ1v) is 10.3. The molecule has 0 fully saturated rings. The van der Waals surface area contributed by atoms with Crippen molar-refractivity contribution < 1.29 is 9.53 Å². The number of nitrogens with zero attached hydrogens (tertiary/aromatic N) is 1. The van der Waals surface area contributed by atoms with Crippen LogP contribution in [0.15, 0.2) is 90.0 Å². The van der Waals surface area contributed by atoms with E-state index in [9.17, 15) is 4.79 Å². The third-order valence-corrected chi connectivity index (χ3v) is 5.35. The molecule has 154 valence electrons. The lowest BCUT2D eigenvalue weighted by Gasteiger charge is -2.09. The van der Waals surface area contributed by atoms with E-state index in [0.29, 0.717) is 28.0 Å². The molecule has 4 aromatic rings. The fourth-order valence-electron chi connectivity index (χ4n) is 3.05. The first kappa shape index (κ1) is 20.9.